The maximum Gasteiger partial charge on any atom is 0.123 e. The second kappa shape index (κ2) is 4.38. The summed E-state index contributed by atoms with van der Waals surface area (Å²) in [5, 5.41) is 13.2. The van der Waals surface area contributed by atoms with Crippen molar-refractivity contribution in [2.45, 2.75) is 20.4 Å². The van der Waals surface area contributed by atoms with Gasteiger partial charge in [0.05, 0.1) is 23.9 Å². The third-order valence-corrected chi connectivity index (χ3v) is 2.71. The van der Waals surface area contributed by atoms with E-state index in [1.807, 2.05) is 20.0 Å². The first kappa shape index (κ1) is 11.3. The molecule has 4 heteroatoms. The molecule has 1 aromatic heterocycles. The predicted octanol–water partition coefficient (Wildman–Crippen LogP) is 2.56. The average molecular weight is 229 g/mol. The van der Waals surface area contributed by atoms with Gasteiger partial charge in [0, 0.05) is 6.20 Å². The molecular weight excluding hydrogens is 217 g/mol. The molecule has 17 heavy (non-hydrogen) atoms. The number of aromatic nitrogens is 2. The van der Waals surface area contributed by atoms with Crippen LogP contribution in [-0.2, 0) is 6.54 Å². The maximum atomic E-state index is 13.1. The van der Waals surface area contributed by atoms with E-state index in [2.05, 4.69) is 11.2 Å². The highest BCUT2D eigenvalue weighted by Gasteiger charge is 2.06. The zero-order chi connectivity index (χ0) is 12.4. The monoisotopic (exact) mass is 229 g/mol. The fourth-order valence-corrected chi connectivity index (χ4v) is 1.68. The van der Waals surface area contributed by atoms with E-state index in [1.165, 1.54) is 18.2 Å². The van der Waals surface area contributed by atoms with Crippen LogP contribution in [0, 0.1) is 31.0 Å². The van der Waals surface area contributed by atoms with Crippen LogP contribution in [0.1, 0.15) is 22.4 Å². The summed E-state index contributed by atoms with van der Waals surface area (Å²) in [6.07, 6.45) is 1.89. The molecule has 0 atom stereocenters. The second-order valence-electron chi connectivity index (χ2n) is 4.01. The van der Waals surface area contributed by atoms with E-state index in [9.17, 15) is 4.39 Å². The van der Waals surface area contributed by atoms with Gasteiger partial charge in [0.2, 0.25) is 0 Å². The highest BCUT2D eigenvalue weighted by atomic mass is 19.1. The molecule has 0 saturated carbocycles. The lowest BCUT2D eigenvalue weighted by molar-refractivity contribution is 0.618. The SMILES string of the molecule is Cc1cn(Cc2cc(F)ccc2C#N)nc1C. The third kappa shape index (κ3) is 2.34. The van der Waals surface area contributed by atoms with Gasteiger partial charge < -0.3 is 0 Å². The number of hydrogen-bond donors (Lipinski definition) is 0. The van der Waals surface area contributed by atoms with Gasteiger partial charge in [-0.25, -0.2) is 4.39 Å². The van der Waals surface area contributed by atoms with Crippen molar-refractivity contribution in [2.24, 2.45) is 0 Å². The Morgan fingerprint density at radius 3 is 2.76 bits per heavy atom. The highest BCUT2D eigenvalue weighted by Crippen LogP contribution is 2.13. The molecule has 0 saturated heterocycles. The molecule has 0 unspecified atom stereocenters. The highest BCUT2D eigenvalue weighted by molar-refractivity contribution is 5.38. The van der Waals surface area contributed by atoms with Crippen LogP contribution in [0.2, 0.25) is 0 Å². The lowest BCUT2D eigenvalue weighted by atomic mass is 10.1. The van der Waals surface area contributed by atoms with E-state index in [1.54, 1.807) is 4.68 Å². The molecule has 0 spiro atoms. The van der Waals surface area contributed by atoms with Crippen molar-refractivity contribution in [2.75, 3.05) is 0 Å². The largest absolute Gasteiger partial charge is 0.268 e. The van der Waals surface area contributed by atoms with Gasteiger partial charge in [-0.1, -0.05) is 0 Å². The van der Waals surface area contributed by atoms with Crippen LogP contribution in [0.3, 0.4) is 0 Å². The predicted molar refractivity (Wildman–Crippen MR) is 61.9 cm³/mol. The van der Waals surface area contributed by atoms with E-state index < -0.39 is 0 Å². The fraction of sp³-hybridized carbons (Fsp3) is 0.231. The third-order valence-electron chi connectivity index (χ3n) is 2.71. The van der Waals surface area contributed by atoms with E-state index in [0.717, 1.165) is 11.3 Å². The van der Waals surface area contributed by atoms with Crippen LogP contribution in [0.15, 0.2) is 24.4 Å². The molecule has 0 amide bonds. The van der Waals surface area contributed by atoms with E-state index >= 15 is 0 Å². The van der Waals surface area contributed by atoms with Crippen LogP contribution in [0.25, 0.3) is 0 Å². The summed E-state index contributed by atoms with van der Waals surface area (Å²) in [7, 11) is 0. The van der Waals surface area contributed by atoms with Crippen molar-refractivity contribution in [1.82, 2.24) is 9.78 Å². The minimum atomic E-state index is -0.334. The molecule has 86 valence electrons. The Hall–Kier alpha value is -2.15. The van der Waals surface area contributed by atoms with E-state index in [4.69, 9.17) is 5.26 Å². The number of hydrogen-bond acceptors (Lipinski definition) is 2. The Morgan fingerprint density at radius 1 is 1.41 bits per heavy atom. The topological polar surface area (TPSA) is 41.6 Å². The summed E-state index contributed by atoms with van der Waals surface area (Å²) >= 11 is 0. The van der Waals surface area contributed by atoms with Gasteiger partial charge >= 0.3 is 0 Å². The molecule has 0 bridgehead atoms. The molecule has 3 nitrogen and oxygen atoms in total. The molecule has 1 heterocycles. The minimum absolute atomic E-state index is 0.334. The minimum Gasteiger partial charge on any atom is -0.268 e. The Bertz CT molecular complexity index is 574. The van der Waals surface area contributed by atoms with Gasteiger partial charge in [-0.15, -0.1) is 0 Å². The van der Waals surface area contributed by atoms with Gasteiger partial charge in [-0.05, 0) is 43.2 Å². The molecule has 0 radical (unpaired) electrons. The van der Waals surface area contributed by atoms with E-state index in [-0.39, 0.29) is 5.82 Å². The quantitative estimate of drug-likeness (QED) is 0.794. The number of aryl methyl sites for hydroxylation is 2. The lowest BCUT2D eigenvalue weighted by Gasteiger charge is -2.04. The molecule has 0 aliphatic rings. The number of rotatable bonds is 2. The Morgan fingerprint density at radius 2 is 2.18 bits per heavy atom. The molecule has 0 N–H and O–H groups in total. The first-order valence-corrected chi connectivity index (χ1v) is 5.29. The summed E-state index contributed by atoms with van der Waals surface area (Å²) in [6, 6.07) is 6.22. The first-order valence-electron chi connectivity index (χ1n) is 5.29. The van der Waals surface area contributed by atoms with Crippen molar-refractivity contribution in [3.8, 4) is 6.07 Å². The van der Waals surface area contributed by atoms with Crippen molar-refractivity contribution in [1.29, 1.82) is 5.26 Å². The number of nitrogens with zero attached hydrogens (tertiary/aromatic N) is 3. The standard InChI is InChI=1S/C13H12FN3/c1-9-7-17(16-10(9)2)8-12-5-13(14)4-3-11(12)6-15/h3-5,7H,8H2,1-2H3. The van der Waals surface area contributed by atoms with Crippen molar-refractivity contribution in [3.05, 3.63) is 52.6 Å². The van der Waals surface area contributed by atoms with Crippen LogP contribution < -0.4 is 0 Å². The Balaban J connectivity index is 2.35. The van der Waals surface area contributed by atoms with Gasteiger partial charge in [0.25, 0.3) is 0 Å². The summed E-state index contributed by atoms with van der Waals surface area (Å²) < 4.78 is 14.9. The van der Waals surface area contributed by atoms with Crippen LogP contribution in [0.4, 0.5) is 4.39 Å². The first-order chi connectivity index (χ1) is 8.10. The zero-order valence-corrected chi connectivity index (χ0v) is 9.74. The smallest absolute Gasteiger partial charge is 0.123 e. The number of nitriles is 1. The number of benzene rings is 1. The van der Waals surface area contributed by atoms with Crippen LogP contribution in [0.5, 0.6) is 0 Å². The maximum absolute atomic E-state index is 13.1. The van der Waals surface area contributed by atoms with Gasteiger partial charge in [-0.3, -0.25) is 4.68 Å². The molecule has 0 aliphatic carbocycles. The molecule has 0 fully saturated rings. The zero-order valence-electron chi connectivity index (χ0n) is 9.74. The molecule has 2 aromatic rings. The van der Waals surface area contributed by atoms with Crippen LogP contribution in [-0.4, -0.2) is 9.78 Å². The van der Waals surface area contributed by atoms with Crippen molar-refractivity contribution >= 4 is 0 Å². The van der Waals surface area contributed by atoms with E-state index in [0.29, 0.717) is 17.7 Å². The summed E-state index contributed by atoms with van der Waals surface area (Å²) in [5.74, 6) is -0.334. The Kier molecular flexibility index (Phi) is 2.92. The average Bonchev–Trinajstić information content (AvgIpc) is 2.58. The molecule has 0 aliphatic heterocycles. The summed E-state index contributed by atoms with van der Waals surface area (Å²) in [5.41, 5.74) is 3.16. The van der Waals surface area contributed by atoms with Gasteiger partial charge in [-0.2, -0.15) is 10.4 Å². The lowest BCUT2D eigenvalue weighted by Crippen LogP contribution is -2.03. The summed E-state index contributed by atoms with van der Waals surface area (Å²) in [4.78, 5) is 0. The van der Waals surface area contributed by atoms with Crippen molar-refractivity contribution < 1.29 is 4.39 Å². The normalized spacial score (nSPS) is 10.2. The van der Waals surface area contributed by atoms with Gasteiger partial charge in [0.1, 0.15) is 5.82 Å². The molecule has 2 rings (SSSR count). The molecule has 1 aromatic carbocycles. The molecular formula is C13H12FN3. The number of halogens is 1. The van der Waals surface area contributed by atoms with Gasteiger partial charge in [0.15, 0.2) is 0 Å². The second-order valence-corrected chi connectivity index (χ2v) is 4.01. The Labute approximate surface area is 99.1 Å². The fourth-order valence-electron chi connectivity index (χ4n) is 1.68. The van der Waals surface area contributed by atoms with Crippen LogP contribution >= 0.6 is 0 Å². The summed E-state index contributed by atoms with van der Waals surface area (Å²) in [6.45, 7) is 4.30. The van der Waals surface area contributed by atoms with Crippen molar-refractivity contribution in [3.63, 3.8) is 0 Å².